The molecule has 2 aliphatic rings. The highest BCUT2D eigenvalue weighted by molar-refractivity contribution is 7.09. The van der Waals surface area contributed by atoms with Gasteiger partial charge in [-0.05, 0) is 37.4 Å². The summed E-state index contributed by atoms with van der Waals surface area (Å²) >= 11 is 1.59. The lowest BCUT2D eigenvalue weighted by Crippen LogP contribution is -2.47. The molecule has 0 radical (unpaired) electrons. The molecule has 2 aromatic heterocycles. The van der Waals surface area contributed by atoms with Crippen LogP contribution in [0.25, 0.3) is 11.3 Å². The van der Waals surface area contributed by atoms with Crippen LogP contribution in [-0.4, -0.2) is 29.0 Å². The van der Waals surface area contributed by atoms with Crippen molar-refractivity contribution in [1.29, 1.82) is 0 Å². The summed E-state index contributed by atoms with van der Waals surface area (Å²) in [6, 6.07) is 3.90. The molecule has 1 amide bonds. The Morgan fingerprint density at radius 1 is 1.38 bits per heavy atom. The monoisotopic (exact) mass is 342 g/mol. The van der Waals surface area contributed by atoms with Gasteiger partial charge in [-0.2, -0.15) is 0 Å². The van der Waals surface area contributed by atoms with Crippen molar-refractivity contribution in [1.82, 2.24) is 20.6 Å². The first-order valence-corrected chi connectivity index (χ1v) is 9.50. The number of nitrogens with one attached hydrogen (secondary N) is 2. The predicted molar refractivity (Wildman–Crippen MR) is 94.5 cm³/mol. The molecule has 2 fully saturated rings. The maximum absolute atomic E-state index is 12.9. The van der Waals surface area contributed by atoms with Crippen molar-refractivity contribution in [2.45, 2.75) is 32.2 Å². The summed E-state index contributed by atoms with van der Waals surface area (Å²) < 4.78 is 0. The number of aromatic nitrogens is 2. The van der Waals surface area contributed by atoms with E-state index in [0.29, 0.717) is 12.5 Å². The van der Waals surface area contributed by atoms with Gasteiger partial charge in [0.05, 0.1) is 17.7 Å². The van der Waals surface area contributed by atoms with Gasteiger partial charge in [-0.25, -0.2) is 4.98 Å². The molecule has 0 bridgehead atoms. The number of carbonyl (C=O) groups is 1. The number of hydrogen-bond acceptors (Lipinski definition) is 5. The van der Waals surface area contributed by atoms with E-state index in [1.165, 1.54) is 12.8 Å². The average Bonchev–Trinajstić information content (AvgIpc) is 3.28. The number of fused-ring (bicyclic) bond motifs is 1. The van der Waals surface area contributed by atoms with E-state index in [9.17, 15) is 4.79 Å². The Hall–Kier alpha value is -1.79. The van der Waals surface area contributed by atoms with E-state index in [4.69, 9.17) is 0 Å². The van der Waals surface area contributed by atoms with Crippen molar-refractivity contribution in [3.8, 4) is 11.3 Å². The Kier molecular flexibility index (Phi) is 4.33. The largest absolute Gasteiger partial charge is 0.349 e. The number of amides is 1. The molecule has 5 nitrogen and oxygen atoms in total. The van der Waals surface area contributed by atoms with Crippen molar-refractivity contribution in [2.75, 3.05) is 13.1 Å². The summed E-state index contributed by atoms with van der Waals surface area (Å²) in [4.78, 5) is 21.5. The second-order valence-electron chi connectivity index (χ2n) is 6.77. The lowest BCUT2D eigenvalue weighted by molar-refractivity contribution is -0.134. The summed E-state index contributed by atoms with van der Waals surface area (Å²) in [5.74, 6) is 0.702. The molecule has 126 valence electrons. The van der Waals surface area contributed by atoms with Gasteiger partial charge >= 0.3 is 0 Å². The summed E-state index contributed by atoms with van der Waals surface area (Å²) in [5, 5.41) is 9.57. The molecule has 0 spiro atoms. The zero-order valence-corrected chi connectivity index (χ0v) is 14.4. The van der Waals surface area contributed by atoms with Crippen LogP contribution in [0.15, 0.2) is 29.9 Å². The van der Waals surface area contributed by atoms with Crippen molar-refractivity contribution in [3.05, 3.63) is 34.9 Å². The summed E-state index contributed by atoms with van der Waals surface area (Å²) in [5.41, 5.74) is 1.82. The Morgan fingerprint density at radius 3 is 3.12 bits per heavy atom. The Labute approximate surface area is 145 Å². The van der Waals surface area contributed by atoms with Crippen LogP contribution >= 0.6 is 11.3 Å². The average molecular weight is 342 g/mol. The SMILES string of the molecule is O=C(NCc1nc(-c2ccncc2)cs1)[C@@]12CCCC[C@H]1CNC2. The quantitative estimate of drug-likeness (QED) is 0.896. The molecule has 1 saturated heterocycles. The number of pyridine rings is 1. The highest BCUT2D eigenvalue weighted by Crippen LogP contribution is 2.43. The van der Waals surface area contributed by atoms with Crippen LogP contribution in [0.5, 0.6) is 0 Å². The van der Waals surface area contributed by atoms with Crippen molar-refractivity contribution >= 4 is 17.2 Å². The second-order valence-corrected chi connectivity index (χ2v) is 7.72. The van der Waals surface area contributed by atoms with Crippen LogP contribution in [0.2, 0.25) is 0 Å². The minimum absolute atomic E-state index is 0.191. The predicted octanol–water partition coefficient (Wildman–Crippen LogP) is 2.60. The highest BCUT2D eigenvalue weighted by Gasteiger charge is 2.49. The third kappa shape index (κ3) is 2.84. The topological polar surface area (TPSA) is 66.9 Å². The number of nitrogens with zero attached hydrogens (tertiary/aromatic N) is 2. The van der Waals surface area contributed by atoms with Gasteiger partial charge in [-0.3, -0.25) is 9.78 Å². The van der Waals surface area contributed by atoms with Crippen molar-refractivity contribution < 1.29 is 4.79 Å². The van der Waals surface area contributed by atoms with E-state index < -0.39 is 0 Å². The zero-order valence-electron chi connectivity index (χ0n) is 13.6. The minimum Gasteiger partial charge on any atom is -0.349 e. The fourth-order valence-electron chi connectivity index (χ4n) is 4.07. The van der Waals surface area contributed by atoms with E-state index in [0.717, 1.165) is 42.2 Å². The van der Waals surface area contributed by atoms with Crippen LogP contribution < -0.4 is 10.6 Å². The Bertz CT molecular complexity index is 717. The van der Waals surface area contributed by atoms with Crippen molar-refractivity contribution in [3.63, 3.8) is 0 Å². The molecule has 2 N–H and O–H groups in total. The van der Waals surface area contributed by atoms with Gasteiger partial charge in [0, 0.05) is 29.9 Å². The van der Waals surface area contributed by atoms with Crippen LogP contribution in [0.3, 0.4) is 0 Å². The molecule has 1 aliphatic heterocycles. The molecular formula is C18H22N4OS. The molecule has 2 aromatic rings. The number of hydrogen-bond donors (Lipinski definition) is 2. The lowest BCUT2D eigenvalue weighted by Gasteiger charge is -2.37. The van der Waals surface area contributed by atoms with Gasteiger partial charge < -0.3 is 10.6 Å². The summed E-state index contributed by atoms with van der Waals surface area (Å²) in [6.45, 7) is 2.32. The number of thiazole rings is 1. The molecule has 0 unspecified atom stereocenters. The van der Waals surface area contributed by atoms with E-state index in [1.54, 1.807) is 23.7 Å². The third-order valence-electron chi connectivity index (χ3n) is 5.42. The van der Waals surface area contributed by atoms with Gasteiger partial charge in [0.1, 0.15) is 5.01 Å². The van der Waals surface area contributed by atoms with E-state index in [1.807, 2.05) is 17.5 Å². The molecule has 3 heterocycles. The van der Waals surface area contributed by atoms with Crippen LogP contribution in [0, 0.1) is 11.3 Å². The molecule has 4 rings (SSSR count). The van der Waals surface area contributed by atoms with Gasteiger partial charge in [0.25, 0.3) is 0 Å². The van der Waals surface area contributed by atoms with Gasteiger partial charge in [0.2, 0.25) is 5.91 Å². The molecule has 0 aromatic carbocycles. The zero-order chi connectivity index (χ0) is 16.4. The summed E-state index contributed by atoms with van der Waals surface area (Å²) in [7, 11) is 0. The molecule has 24 heavy (non-hydrogen) atoms. The van der Waals surface area contributed by atoms with Crippen LogP contribution in [0.4, 0.5) is 0 Å². The molecule has 1 saturated carbocycles. The molecular weight excluding hydrogens is 320 g/mol. The fourth-order valence-corrected chi connectivity index (χ4v) is 4.81. The van der Waals surface area contributed by atoms with Gasteiger partial charge in [0.15, 0.2) is 0 Å². The Morgan fingerprint density at radius 2 is 2.25 bits per heavy atom. The van der Waals surface area contributed by atoms with Gasteiger partial charge in [-0.1, -0.05) is 12.8 Å². The Balaban J connectivity index is 1.42. The number of rotatable bonds is 4. The highest BCUT2D eigenvalue weighted by atomic mass is 32.1. The molecule has 6 heteroatoms. The standard InChI is InChI=1S/C18H22N4OS/c23-17(18-6-2-1-3-14(18)9-20-12-18)21-10-16-22-15(11-24-16)13-4-7-19-8-5-13/h4-5,7-8,11,14,20H,1-3,6,9-10,12H2,(H,21,23)/t14-,18+/m0/s1. The first-order valence-electron chi connectivity index (χ1n) is 8.62. The maximum Gasteiger partial charge on any atom is 0.228 e. The lowest BCUT2D eigenvalue weighted by atomic mass is 9.67. The van der Waals surface area contributed by atoms with E-state index >= 15 is 0 Å². The van der Waals surface area contributed by atoms with Crippen molar-refractivity contribution in [2.24, 2.45) is 11.3 Å². The van der Waals surface area contributed by atoms with E-state index in [-0.39, 0.29) is 11.3 Å². The minimum atomic E-state index is -0.191. The van der Waals surface area contributed by atoms with E-state index in [2.05, 4.69) is 20.6 Å². The summed E-state index contributed by atoms with van der Waals surface area (Å²) in [6.07, 6.45) is 8.13. The van der Waals surface area contributed by atoms with Crippen LogP contribution in [-0.2, 0) is 11.3 Å². The molecule has 2 atom stereocenters. The maximum atomic E-state index is 12.9. The number of carbonyl (C=O) groups excluding carboxylic acids is 1. The first kappa shape index (κ1) is 15.7. The van der Waals surface area contributed by atoms with Gasteiger partial charge in [-0.15, -0.1) is 11.3 Å². The second kappa shape index (κ2) is 6.61. The molecule has 1 aliphatic carbocycles. The first-order chi connectivity index (χ1) is 11.8. The fraction of sp³-hybridized carbons (Fsp3) is 0.500. The smallest absolute Gasteiger partial charge is 0.228 e. The van der Waals surface area contributed by atoms with Crippen LogP contribution in [0.1, 0.15) is 30.7 Å². The third-order valence-corrected chi connectivity index (χ3v) is 6.27. The normalized spacial score (nSPS) is 26.1.